The molecule has 0 unspecified atom stereocenters. The number of alkyl halides is 3. The molecule has 0 radical (unpaired) electrons. The van der Waals surface area contributed by atoms with Gasteiger partial charge in [0.25, 0.3) is 5.91 Å². The van der Waals surface area contributed by atoms with Gasteiger partial charge in [0.2, 0.25) is 10.0 Å². The number of aliphatic imine (C=N–C) groups is 3. The SMILES string of the molecule is C=Nc1nc(N=C)c(C(=O)NC2=NCC3(CCN(S(=O)(=O)c4ccc5c(c4)CN(C(=O)C(F)(F)F)CC5)CC3)N2)nc1Cl. The van der Waals surface area contributed by atoms with Crippen molar-refractivity contribution in [2.45, 2.75) is 42.4 Å². The number of carbonyl (C=O) groups is 2. The number of rotatable bonds is 5. The Bertz CT molecular complexity index is 1660. The molecule has 5 rings (SSSR count). The number of fused-ring (bicyclic) bond motifs is 1. The first kappa shape index (κ1) is 30.5. The van der Waals surface area contributed by atoms with Gasteiger partial charge in [-0.1, -0.05) is 17.7 Å². The fourth-order valence-corrected chi connectivity index (χ4v) is 6.87. The largest absolute Gasteiger partial charge is 0.471 e. The number of halogens is 4. The van der Waals surface area contributed by atoms with E-state index in [2.05, 4.69) is 49.0 Å². The molecule has 3 aliphatic heterocycles. The van der Waals surface area contributed by atoms with Crippen molar-refractivity contribution in [1.29, 1.82) is 0 Å². The standard InChI is InChI=1S/C25H25ClF3N9O4S/c1-30-19-17(33-18(26)20(31-2)34-19)21(39)35-23-32-13-24(36-23)6-9-38(10-7-24)43(41,42)16-4-3-14-5-8-37(12-15(14)11-16)22(40)25(27,28)29/h3-4,11H,1-2,5-10,12-13H2,(H2,32,35,36,39). The fourth-order valence-electron chi connectivity index (χ4n) is 5.19. The van der Waals surface area contributed by atoms with Crippen LogP contribution < -0.4 is 10.6 Å². The quantitative estimate of drug-likeness (QED) is 0.474. The molecule has 2 amide bonds. The molecule has 0 saturated carbocycles. The highest BCUT2D eigenvalue weighted by atomic mass is 35.5. The van der Waals surface area contributed by atoms with E-state index >= 15 is 0 Å². The van der Waals surface area contributed by atoms with E-state index in [1.54, 1.807) is 6.07 Å². The number of amides is 2. The van der Waals surface area contributed by atoms with Crippen molar-refractivity contribution in [3.05, 3.63) is 40.2 Å². The number of guanidine groups is 1. The summed E-state index contributed by atoms with van der Waals surface area (Å²) >= 11 is 6.00. The van der Waals surface area contributed by atoms with Gasteiger partial charge in [-0.05, 0) is 56.0 Å². The zero-order valence-electron chi connectivity index (χ0n) is 22.5. The zero-order chi connectivity index (χ0) is 31.2. The molecule has 4 heterocycles. The van der Waals surface area contributed by atoms with Crippen molar-refractivity contribution in [3.8, 4) is 0 Å². The lowest BCUT2D eigenvalue weighted by Crippen LogP contribution is -2.56. The van der Waals surface area contributed by atoms with Gasteiger partial charge >= 0.3 is 12.1 Å². The van der Waals surface area contributed by atoms with Crippen molar-refractivity contribution >= 4 is 64.5 Å². The number of sulfonamides is 1. The van der Waals surface area contributed by atoms with Gasteiger partial charge < -0.3 is 10.2 Å². The van der Waals surface area contributed by atoms with Gasteiger partial charge in [-0.2, -0.15) is 17.5 Å². The molecule has 0 atom stereocenters. The van der Waals surface area contributed by atoms with Crippen LogP contribution in [0.1, 0.15) is 34.5 Å². The van der Waals surface area contributed by atoms with E-state index in [-0.39, 0.29) is 72.5 Å². The number of carbonyl (C=O) groups excluding carboxylic acids is 2. The summed E-state index contributed by atoms with van der Waals surface area (Å²) in [6.45, 7) is 6.80. The zero-order valence-corrected chi connectivity index (χ0v) is 24.1. The number of piperidine rings is 1. The van der Waals surface area contributed by atoms with E-state index in [0.717, 1.165) is 0 Å². The molecule has 1 aromatic heterocycles. The highest BCUT2D eigenvalue weighted by molar-refractivity contribution is 7.89. The molecule has 1 fully saturated rings. The summed E-state index contributed by atoms with van der Waals surface area (Å²) in [7, 11) is -3.98. The van der Waals surface area contributed by atoms with E-state index < -0.39 is 33.6 Å². The van der Waals surface area contributed by atoms with Crippen LogP contribution in [-0.2, 0) is 27.8 Å². The Morgan fingerprint density at radius 2 is 1.77 bits per heavy atom. The molecule has 228 valence electrons. The molecule has 2 aromatic rings. The maximum absolute atomic E-state index is 13.5. The maximum Gasteiger partial charge on any atom is 0.471 e. The predicted octanol–water partition coefficient (Wildman–Crippen LogP) is 2.15. The van der Waals surface area contributed by atoms with Crippen LogP contribution in [0.4, 0.5) is 24.8 Å². The smallest absolute Gasteiger partial charge is 0.349 e. The summed E-state index contributed by atoms with van der Waals surface area (Å²) < 4.78 is 67.0. The second-order valence-corrected chi connectivity index (χ2v) is 12.5. The van der Waals surface area contributed by atoms with E-state index in [1.165, 1.54) is 16.4 Å². The number of aromatic nitrogens is 2. The number of nitrogens with zero attached hydrogens (tertiary/aromatic N) is 7. The molecule has 13 nitrogen and oxygen atoms in total. The van der Waals surface area contributed by atoms with Crippen LogP contribution in [0, 0.1) is 0 Å². The Kier molecular flexibility index (Phi) is 8.00. The summed E-state index contributed by atoms with van der Waals surface area (Å²) in [6.07, 6.45) is -4.10. The van der Waals surface area contributed by atoms with Crippen LogP contribution in [0.15, 0.2) is 38.1 Å². The van der Waals surface area contributed by atoms with Crippen molar-refractivity contribution in [1.82, 2.24) is 29.8 Å². The normalized spacial score (nSPS) is 18.4. The van der Waals surface area contributed by atoms with Gasteiger partial charge in [0.15, 0.2) is 28.4 Å². The summed E-state index contributed by atoms with van der Waals surface area (Å²) in [5, 5.41) is 5.62. The lowest BCUT2D eigenvalue weighted by Gasteiger charge is -2.38. The Hall–Kier alpha value is -3.96. The first-order valence-electron chi connectivity index (χ1n) is 12.9. The van der Waals surface area contributed by atoms with E-state index in [9.17, 15) is 31.2 Å². The number of hydrogen-bond donors (Lipinski definition) is 2. The van der Waals surface area contributed by atoms with Crippen LogP contribution in [-0.4, -0.2) is 96.7 Å². The monoisotopic (exact) mass is 639 g/mol. The van der Waals surface area contributed by atoms with Crippen LogP contribution in [0.5, 0.6) is 0 Å². The first-order valence-corrected chi connectivity index (χ1v) is 14.7. The minimum absolute atomic E-state index is 0.00784. The predicted molar refractivity (Wildman–Crippen MR) is 151 cm³/mol. The Labute approximate surface area is 249 Å². The summed E-state index contributed by atoms with van der Waals surface area (Å²) in [5.74, 6) is -2.59. The van der Waals surface area contributed by atoms with Crippen molar-refractivity contribution < 1.29 is 31.2 Å². The number of nitrogens with one attached hydrogen (secondary N) is 2. The minimum Gasteiger partial charge on any atom is -0.349 e. The molecular formula is C25H25ClF3N9O4S. The van der Waals surface area contributed by atoms with Crippen molar-refractivity contribution in [2.24, 2.45) is 15.0 Å². The molecule has 1 aromatic carbocycles. The lowest BCUT2D eigenvalue weighted by molar-refractivity contribution is -0.186. The van der Waals surface area contributed by atoms with Crippen LogP contribution in [0.3, 0.4) is 0 Å². The van der Waals surface area contributed by atoms with Crippen LogP contribution >= 0.6 is 11.6 Å². The maximum atomic E-state index is 13.5. The highest BCUT2D eigenvalue weighted by Crippen LogP contribution is 2.32. The summed E-state index contributed by atoms with van der Waals surface area (Å²) in [5.41, 5.74) is 0.250. The highest BCUT2D eigenvalue weighted by Gasteiger charge is 2.44. The minimum atomic E-state index is -5.01. The molecule has 1 saturated heterocycles. The molecule has 43 heavy (non-hydrogen) atoms. The first-order chi connectivity index (χ1) is 20.3. The third kappa shape index (κ3) is 5.96. The third-order valence-electron chi connectivity index (χ3n) is 7.53. The average Bonchev–Trinajstić information content (AvgIpc) is 3.36. The summed E-state index contributed by atoms with van der Waals surface area (Å²) in [6, 6.07) is 4.36. The second-order valence-electron chi connectivity index (χ2n) is 10.2. The van der Waals surface area contributed by atoms with Gasteiger partial charge in [0, 0.05) is 26.2 Å². The molecular weight excluding hydrogens is 615 g/mol. The van der Waals surface area contributed by atoms with Gasteiger partial charge in [-0.3, -0.25) is 19.9 Å². The Morgan fingerprint density at radius 1 is 1.07 bits per heavy atom. The van der Waals surface area contributed by atoms with Gasteiger partial charge in [0.1, 0.15) is 0 Å². The molecule has 3 aliphatic rings. The Balaban J connectivity index is 1.22. The van der Waals surface area contributed by atoms with E-state index in [4.69, 9.17) is 11.6 Å². The molecule has 18 heteroatoms. The number of benzene rings is 1. The number of hydrogen-bond acceptors (Lipinski definition) is 10. The summed E-state index contributed by atoms with van der Waals surface area (Å²) in [4.78, 5) is 44.8. The molecule has 0 bridgehead atoms. The van der Waals surface area contributed by atoms with Crippen molar-refractivity contribution in [2.75, 3.05) is 26.2 Å². The lowest BCUT2D eigenvalue weighted by atomic mass is 9.89. The Morgan fingerprint density at radius 3 is 2.42 bits per heavy atom. The topological polar surface area (TPSA) is 162 Å². The molecule has 0 aliphatic carbocycles. The van der Waals surface area contributed by atoms with E-state index in [1.807, 2.05) is 0 Å². The second kappa shape index (κ2) is 11.3. The molecule has 2 N–H and O–H groups in total. The van der Waals surface area contributed by atoms with E-state index in [0.29, 0.717) is 28.9 Å². The van der Waals surface area contributed by atoms with Crippen LogP contribution in [0.2, 0.25) is 5.15 Å². The third-order valence-corrected chi connectivity index (χ3v) is 9.67. The fraction of sp³-hybridized carbons (Fsp3) is 0.400. The van der Waals surface area contributed by atoms with Gasteiger partial charge in [-0.15, -0.1) is 0 Å². The van der Waals surface area contributed by atoms with Gasteiger partial charge in [-0.25, -0.2) is 28.4 Å². The van der Waals surface area contributed by atoms with Crippen molar-refractivity contribution in [3.63, 3.8) is 0 Å². The molecule has 1 spiro atoms. The van der Waals surface area contributed by atoms with Gasteiger partial charge in [0.05, 0.1) is 17.0 Å². The average molecular weight is 640 g/mol. The van der Waals surface area contributed by atoms with Crippen LogP contribution in [0.25, 0.3) is 0 Å².